The van der Waals surface area contributed by atoms with Crippen molar-refractivity contribution in [3.05, 3.63) is 63.4 Å². The lowest BCUT2D eigenvalue weighted by molar-refractivity contribution is -0.137. The second kappa shape index (κ2) is 11.6. The molecule has 0 fully saturated rings. The smallest absolute Gasteiger partial charge is 0.383 e. The van der Waals surface area contributed by atoms with Crippen LogP contribution in [0.25, 0.3) is 17.0 Å². The average Bonchev–Trinajstić information content (AvgIpc) is 3.42. The van der Waals surface area contributed by atoms with E-state index in [0.29, 0.717) is 36.4 Å². The Morgan fingerprint density at radius 1 is 1.14 bits per heavy atom. The molecule has 4 rings (SSSR count). The molecule has 196 valence electrons. The van der Waals surface area contributed by atoms with E-state index in [9.17, 15) is 18.0 Å². The zero-order valence-corrected chi connectivity index (χ0v) is 21.5. The van der Waals surface area contributed by atoms with E-state index in [1.165, 1.54) is 11.8 Å². The van der Waals surface area contributed by atoms with E-state index in [1.807, 2.05) is 23.1 Å². The molecule has 13 heteroatoms. The number of fused-ring (bicyclic) bond motifs is 1. The van der Waals surface area contributed by atoms with Gasteiger partial charge in [0.05, 0.1) is 52.7 Å². The number of thioether (sulfide) groups is 1. The molecule has 0 spiro atoms. The molecule has 8 nitrogen and oxygen atoms in total. The second-order valence-corrected chi connectivity index (χ2v) is 9.47. The number of ether oxygens (including phenoxy) is 2. The molecule has 3 aromatic rings. The van der Waals surface area contributed by atoms with Crippen LogP contribution in [0.4, 0.5) is 13.2 Å². The number of carbonyl (C=O) groups is 1. The van der Waals surface area contributed by atoms with E-state index in [2.05, 4.69) is 15.1 Å². The number of methoxy groups -OCH3 is 2. The Balaban J connectivity index is 1.50. The van der Waals surface area contributed by atoms with Gasteiger partial charge in [-0.2, -0.15) is 23.3 Å². The highest BCUT2D eigenvalue weighted by Gasteiger charge is 2.31. The third kappa shape index (κ3) is 6.50. The van der Waals surface area contributed by atoms with Gasteiger partial charge in [0.2, 0.25) is 0 Å². The first kappa shape index (κ1) is 27.1. The van der Waals surface area contributed by atoms with Gasteiger partial charge in [-0.1, -0.05) is 17.7 Å². The molecule has 1 aliphatic rings. The number of benzene rings is 1. The topological polar surface area (TPSA) is 81.8 Å². The summed E-state index contributed by atoms with van der Waals surface area (Å²) in [6.45, 7) is 2.24. The number of amides is 1. The highest BCUT2D eigenvalue weighted by molar-refractivity contribution is 8.18. The normalized spacial score (nSPS) is 15.1. The fourth-order valence-corrected chi connectivity index (χ4v) is 4.78. The SMILES string of the molecule is COCCN(CCOC)C1=NC(=O)C(=Cc2ccc3c(cnn3Cc3ncc(C(F)(F)F)cc3Cl)c2)S1. The first-order valence-electron chi connectivity index (χ1n) is 11.1. The van der Waals surface area contributed by atoms with E-state index in [-0.39, 0.29) is 23.2 Å². The van der Waals surface area contributed by atoms with Crippen molar-refractivity contribution >= 4 is 51.4 Å². The molecule has 0 bridgehead atoms. The maximum absolute atomic E-state index is 12.9. The predicted molar refractivity (Wildman–Crippen MR) is 136 cm³/mol. The van der Waals surface area contributed by atoms with Crippen LogP contribution in [0.1, 0.15) is 16.8 Å². The Kier molecular flexibility index (Phi) is 8.53. The van der Waals surface area contributed by atoms with Crippen LogP contribution in [0.5, 0.6) is 0 Å². The monoisotopic (exact) mass is 553 g/mol. The Morgan fingerprint density at radius 3 is 2.51 bits per heavy atom. The summed E-state index contributed by atoms with van der Waals surface area (Å²) in [4.78, 5) is 23.1. The van der Waals surface area contributed by atoms with Crippen LogP contribution in [0.2, 0.25) is 5.02 Å². The van der Waals surface area contributed by atoms with E-state index >= 15 is 0 Å². The predicted octanol–water partition coefficient (Wildman–Crippen LogP) is 4.72. The number of halogens is 4. The summed E-state index contributed by atoms with van der Waals surface area (Å²) in [6.07, 6.45) is -0.359. The fourth-order valence-electron chi connectivity index (χ4n) is 3.59. The minimum Gasteiger partial charge on any atom is -0.383 e. The van der Waals surface area contributed by atoms with Gasteiger partial charge in [0.1, 0.15) is 0 Å². The van der Waals surface area contributed by atoms with Gasteiger partial charge in [-0.05, 0) is 41.6 Å². The molecular formula is C24H23ClF3N5O3S. The number of nitrogens with zero attached hydrogens (tertiary/aromatic N) is 5. The number of pyridine rings is 1. The summed E-state index contributed by atoms with van der Waals surface area (Å²) in [7, 11) is 3.23. The molecule has 0 radical (unpaired) electrons. The highest BCUT2D eigenvalue weighted by atomic mass is 35.5. The van der Waals surface area contributed by atoms with Crippen molar-refractivity contribution in [3.8, 4) is 0 Å². The number of carbonyl (C=O) groups excluding carboxylic acids is 1. The van der Waals surface area contributed by atoms with E-state index in [1.54, 1.807) is 31.2 Å². The molecule has 1 amide bonds. The Morgan fingerprint density at radius 2 is 1.86 bits per heavy atom. The maximum atomic E-state index is 12.9. The van der Waals surface area contributed by atoms with E-state index in [0.717, 1.165) is 28.7 Å². The van der Waals surface area contributed by atoms with Gasteiger partial charge in [0, 0.05) is 38.9 Å². The number of rotatable bonds is 9. The summed E-state index contributed by atoms with van der Waals surface area (Å²) in [6, 6.07) is 6.38. The Hall–Kier alpha value is -2.93. The average molecular weight is 554 g/mol. The molecule has 0 N–H and O–H groups in total. The van der Waals surface area contributed by atoms with Crippen molar-refractivity contribution in [1.82, 2.24) is 19.7 Å². The molecule has 0 aliphatic carbocycles. The molecule has 1 aliphatic heterocycles. The molecule has 0 atom stereocenters. The quantitative estimate of drug-likeness (QED) is 0.355. The van der Waals surface area contributed by atoms with Crippen LogP contribution < -0.4 is 0 Å². The molecule has 0 saturated carbocycles. The summed E-state index contributed by atoms with van der Waals surface area (Å²) >= 11 is 7.35. The second-order valence-electron chi connectivity index (χ2n) is 8.05. The zero-order chi connectivity index (χ0) is 26.6. The third-order valence-corrected chi connectivity index (χ3v) is 6.89. The van der Waals surface area contributed by atoms with Crippen LogP contribution in [0.15, 0.2) is 46.6 Å². The van der Waals surface area contributed by atoms with Crippen molar-refractivity contribution in [2.45, 2.75) is 12.7 Å². The molecule has 2 aromatic heterocycles. The number of alkyl halides is 3. The molecule has 0 saturated heterocycles. The molecule has 0 unspecified atom stereocenters. The summed E-state index contributed by atoms with van der Waals surface area (Å²) in [5, 5.41) is 5.63. The van der Waals surface area contributed by atoms with Crippen molar-refractivity contribution in [2.24, 2.45) is 4.99 Å². The molecule has 37 heavy (non-hydrogen) atoms. The van der Waals surface area contributed by atoms with Gasteiger partial charge in [-0.25, -0.2) is 0 Å². The lowest BCUT2D eigenvalue weighted by Crippen LogP contribution is -2.34. The third-order valence-electron chi connectivity index (χ3n) is 5.52. The van der Waals surface area contributed by atoms with Gasteiger partial charge in [-0.3, -0.25) is 14.5 Å². The Labute approximate surface area is 220 Å². The molecule has 3 heterocycles. The van der Waals surface area contributed by atoms with Crippen molar-refractivity contribution < 1.29 is 27.4 Å². The van der Waals surface area contributed by atoms with E-state index in [4.69, 9.17) is 21.1 Å². The van der Waals surface area contributed by atoms with Gasteiger partial charge in [-0.15, -0.1) is 0 Å². The number of aliphatic imine (C=N–C) groups is 1. The number of amidine groups is 1. The Bertz CT molecular complexity index is 1350. The maximum Gasteiger partial charge on any atom is 0.417 e. The lowest BCUT2D eigenvalue weighted by atomic mass is 10.1. The summed E-state index contributed by atoms with van der Waals surface area (Å²) in [5.41, 5.74) is 0.893. The van der Waals surface area contributed by atoms with Crippen LogP contribution in [0.3, 0.4) is 0 Å². The van der Waals surface area contributed by atoms with Crippen LogP contribution in [-0.2, 0) is 27.0 Å². The van der Waals surface area contributed by atoms with Crippen LogP contribution in [-0.4, -0.2) is 71.3 Å². The van der Waals surface area contributed by atoms with Crippen molar-refractivity contribution in [3.63, 3.8) is 0 Å². The van der Waals surface area contributed by atoms with Gasteiger partial charge >= 0.3 is 6.18 Å². The van der Waals surface area contributed by atoms with Crippen molar-refractivity contribution in [2.75, 3.05) is 40.5 Å². The minimum atomic E-state index is -4.52. The summed E-state index contributed by atoms with van der Waals surface area (Å²) < 4.78 is 50.6. The number of hydrogen-bond acceptors (Lipinski definition) is 7. The van der Waals surface area contributed by atoms with Gasteiger partial charge in [0.15, 0.2) is 5.17 Å². The lowest BCUT2D eigenvalue weighted by Gasteiger charge is -2.22. The number of hydrogen-bond donors (Lipinski definition) is 0. The van der Waals surface area contributed by atoms with Gasteiger partial charge < -0.3 is 14.4 Å². The van der Waals surface area contributed by atoms with E-state index < -0.39 is 11.7 Å². The van der Waals surface area contributed by atoms with Gasteiger partial charge in [0.25, 0.3) is 5.91 Å². The standard InChI is InChI=1S/C24H23ClF3N5O3S/c1-35-7-5-32(6-8-36-2)23-31-22(34)21(37-23)10-15-3-4-20-16(9-15)12-30-33(20)14-19-18(25)11-17(13-29-19)24(26,27)28/h3-4,9-13H,5-8,14H2,1-2H3. The fraction of sp³-hybridized carbons (Fsp3) is 0.333. The highest BCUT2D eigenvalue weighted by Crippen LogP contribution is 2.32. The number of aromatic nitrogens is 3. The largest absolute Gasteiger partial charge is 0.417 e. The summed E-state index contributed by atoms with van der Waals surface area (Å²) in [5.74, 6) is -0.321. The first-order chi connectivity index (χ1) is 17.7. The van der Waals surface area contributed by atoms with Crippen LogP contribution in [0, 0.1) is 0 Å². The zero-order valence-electron chi connectivity index (χ0n) is 20.0. The first-order valence-corrected chi connectivity index (χ1v) is 12.3. The minimum absolute atomic E-state index is 0.0857. The molecular weight excluding hydrogens is 531 g/mol. The van der Waals surface area contributed by atoms with Crippen LogP contribution >= 0.6 is 23.4 Å². The molecule has 1 aromatic carbocycles. The van der Waals surface area contributed by atoms with Crippen molar-refractivity contribution in [1.29, 1.82) is 0 Å².